The van der Waals surface area contributed by atoms with E-state index in [4.69, 9.17) is 0 Å². The summed E-state index contributed by atoms with van der Waals surface area (Å²) in [7, 11) is 0. The van der Waals surface area contributed by atoms with Crippen LogP contribution >= 0.6 is 0 Å². The molecular weight excluding hydrogens is 198 g/mol. The molecule has 0 saturated carbocycles. The minimum atomic E-state index is 0.271. The van der Waals surface area contributed by atoms with Gasteiger partial charge in [0.15, 0.2) is 0 Å². The summed E-state index contributed by atoms with van der Waals surface area (Å²) < 4.78 is 0. The number of rotatable bonds is 2. The van der Waals surface area contributed by atoms with Crippen LogP contribution in [0.5, 0.6) is 0 Å². The lowest BCUT2D eigenvalue weighted by Crippen LogP contribution is -2.33. The van der Waals surface area contributed by atoms with Gasteiger partial charge in [0.1, 0.15) is 0 Å². The van der Waals surface area contributed by atoms with E-state index < -0.39 is 0 Å². The highest BCUT2D eigenvalue weighted by Crippen LogP contribution is 2.32. The van der Waals surface area contributed by atoms with Crippen LogP contribution in [0.4, 0.5) is 5.69 Å². The van der Waals surface area contributed by atoms with Gasteiger partial charge in [-0.2, -0.15) is 0 Å². The van der Waals surface area contributed by atoms with E-state index in [0.717, 1.165) is 13.0 Å². The fourth-order valence-corrected chi connectivity index (χ4v) is 2.95. The van der Waals surface area contributed by atoms with Crippen LogP contribution in [-0.4, -0.2) is 24.3 Å². The van der Waals surface area contributed by atoms with Gasteiger partial charge in [-0.3, -0.25) is 0 Å². The van der Waals surface area contributed by atoms with Gasteiger partial charge in [0, 0.05) is 12.2 Å². The first kappa shape index (κ1) is 11.5. The number of aliphatic hydroxyl groups is 1. The maximum Gasteiger partial charge on any atom is 0.0635 e. The van der Waals surface area contributed by atoms with Gasteiger partial charge in [-0.15, -0.1) is 0 Å². The summed E-state index contributed by atoms with van der Waals surface area (Å²) in [5.74, 6) is 0. The normalized spacial score (nSPS) is 20.5. The van der Waals surface area contributed by atoms with Crippen LogP contribution in [-0.2, 0) is 0 Å². The number of benzene rings is 1. The molecule has 88 valence electrons. The SMILES string of the molecule is Cc1cc(C)c(N2CCCC2CO)c(C)c1. The van der Waals surface area contributed by atoms with Crippen LogP contribution in [0.1, 0.15) is 29.5 Å². The van der Waals surface area contributed by atoms with E-state index in [2.05, 4.69) is 37.8 Å². The second kappa shape index (κ2) is 4.46. The minimum Gasteiger partial charge on any atom is -0.394 e. The van der Waals surface area contributed by atoms with Crippen LogP contribution < -0.4 is 4.90 Å². The Bertz CT molecular complexity index is 363. The van der Waals surface area contributed by atoms with Crippen molar-refractivity contribution in [1.82, 2.24) is 0 Å². The van der Waals surface area contributed by atoms with Crippen molar-refractivity contribution in [3.05, 3.63) is 28.8 Å². The van der Waals surface area contributed by atoms with Crippen molar-refractivity contribution in [3.63, 3.8) is 0 Å². The van der Waals surface area contributed by atoms with Crippen molar-refractivity contribution in [1.29, 1.82) is 0 Å². The zero-order chi connectivity index (χ0) is 11.7. The Kier molecular flexibility index (Phi) is 3.20. The molecule has 1 saturated heterocycles. The van der Waals surface area contributed by atoms with Gasteiger partial charge in [0.25, 0.3) is 0 Å². The van der Waals surface area contributed by atoms with Crippen molar-refractivity contribution < 1.29 is 5.11 Å². The van der Waals surface area contributed by atoms with Crippen LogP contribution in [0.25, 0.3) is 0 Å². The average Bonchev–Trinajstić information content (AvgIpc) is 2.64. The molecule has 0 amide bonds. The van der Waals surface area contributed by atoms with E-state index >= 15 is 0 Å². The number of aliphatic hydroxyl groups excluding tert-OH is 1. The van der Waals surface area contributed by atoms with Crippen molar-refractivity contribution in [2.45, 2.75) is 39.7 Å². The van der Waals surface area contributed by atoms with E-state index in [1.807, 2.05) is 0 Å². The van der Waals surface area contributed by atoms with E-state index in [-0.39, 0.29) is 6.61 Å². The summed E-state index contributed by atoms with van der Waals surface area (Å²) in [6, 6.07) is 4.78. The zero-order valence-corrected chi connectivity index (χ0v) is 10.5. The van der Waals surface area contributed by atoms with Crippen molar-refractivity contribution in [2.24, 2.45) is 0 Å². The molecule has 1 aliphatic rings. The summed E-state index contributed by atoms with van der Waals surface area (Å²) in [5, 5.41) is 9.39. The standard InChI is InChI=1S/C14H21NO/c1-10-7-11(2)14(12(3)8-10)15-6-4-5-13(15)9-16/h7-8,13,16H,4-6,9H2,1-3H3. The molecule has 1 fully saturated rings. The monoisotopic (exact) mass is 219 g/mol. The van der Waals surface area contributed by atoms with Gasteiger partial charge in [-0.05, 0) is 44.7 Å². The highest BCUT2D eigenvalue weighted by Gasteiger charge is 2.26. The van der Waals surface area contributed by atoms with Crippen molar-refractivity contribution >= 4 is 5.69 Å². The van der Waals surface area contributed by atoms with E-state index in [1.165, 1.54) is 28.8 Å². The molecule has 2 nitrogen and oxygen atoms in total. The lowest BCUT2D eigenvalue weighted by atomic mass is 10.0. The maximum atomic E-state index is 9.39. The predicted molar refractivity (Wildman–Crippen MR) is 68.1 cm³/mol. The Labute approximate surface area is 97.9 Å². The van der Waals surface area contributed by atoms with Gasteiger partial charge in [-0.25, -0.2) is 0 Å². The largest absolute Gasteiger partial charge is 0.394 e. The first-order chi connectivity index (χ1) is 7.63. The summed E-state index contributed by atoms with van der Waals surface area (Å²) in [6.45, 7) is 7.82. The third-order valence-corrected chi connectivity index (χ3v) is 3.51. The molecule has 16 heavy (non-hydrogen) atoms. The Hall–Kier alpha value is -1.02. The predicted octanol–water partition coefficient (Wildman–Crippen LogP) is 2.57. The number of anilines is 1. The first-order valence-corrected chi connectivity index (χ1v) is 6.09. The maximum absolute atomic E-state index is 9.39. The number of aryl methyl sites for hydroxylation is 3. The molecule has 0 bridgehead atoms. The van der Waals surface area contributed by atoms with Gasteiger partial charge in [-0.1, -0.05) is 17.7 Å². The molecular formula is C14H21NO. The molecule has 2 rings (SSSR count). The molecule has 0 spiro atoms. The minimum absolute atomic E-state index is 0.271. The van der Waals surface area contributed by atoms with Crippen molar-refractivity contribution in [3.8, 4) is 0 Å². The first-order valence-electron chi connectivity index (χ1n) is 6.09. The van der Waals surface area contributed by atoms with Crippen LogP contribution in [0.3, 0.4) is 0 Å². The molecule has 1 heterocycles. The fourth-order valence-electron chi connectivity index (χ4n) is 2.95. The molecule has 0 aromatic heterocycles. The molecule has 2 heteroatoms. The molecule has 1 aliphatic heterocycles. The van der Waals surface area contributed by atoms with E-state index in [1.54, 1.807) is 0 Å². The summed E-state index contributed by atoms with van der Waals surface area (Å²) in [5.41, 5.74) is 5.32. The third-order valence-electron chi connectivity index (χ3n) is 3.51. The molecule has 1 aromatic carbocycles. The third kappa shape index (κ3) is 1.94. The summed E-state index contributed by atoms with van der Waals surface area (Å²) in [4.78, 5) is 2.38. The molecule has 0 aliphatic carbocycles. The second-order valence-corrected chi connectivity index (χ2v) is 4.92. The van der Waals surface area contributed by atoms with Crippen LogP contribution in [0.2, 0.25) is 0 Å². The molecule has 1 aromatic rings. The summed E-state index contributed by atoms with van der Waals surface area (Å²) >= 11 is 0. The van der Waals surface area contributed by atoms with E-state index in [0.29, 0.717) is 6.04 Å². The highest BCUT2D eigenvalue weighted by atomic mass is 16.3. The molecule has 1 unspecified atom stereocenters. The van der Waals surface area contributed by atoms with E-state index in [9.17, 15) is 5.11 Å². The van der Waals surface area contributed by atoms with Gasteiger partial charge >= 0.3 is 0 Å². The van der Waals surface area contributed by atoms with Gasteiger partial charge in [0.05, 0.1) is 12.6 Å². The summed E-state index contributed by atoms with van der Waals surface area (Å²) in [6.07, 6.45) is 2.31. The van der Waals surface area contributed by atoms with Crippen LogP contribution in [0.15, 0.2) is 12.1 Å². The fraction of sp³-hybridized carbons (Fsp3) is 0.571. The quantitative estimate of drug-likeness (QED) is 0.826. The Morgan fingerprint density at radius 3 is 2.44 bits per heavy atom. The number of nitrogens with zero attached hydrogens (tertiary/aromatic N) is 1. The Morgan fingerprint density at radius 1 is 1.25 bits per heavy atom. The molecule has 1 atom stereocenters. The number of hydrogen-bond donors (Lipinski definition) is 1. The average molecular weight is 219 g/mol. The highest BCUT2D eigenvalue weighted by molar-refractivity contribution is 5.61. The Morgan fingerprint density at radius 2 is 1.88 bits per heavy atom. The smallest absolute Gasteiger partial charge is 0.0635 e. The lowest BCUT2D eigenvalue weighted by Gasteiger charge is -2.29. The second-order valence-electron chi connectivity index (χ2n) is 4.92. The molecule has 0 radical (unpaired) electrons. The van der Waals surface area contributed by atoms with Crippen LogP contribution in [0, 0.1) is 20.8 Å². The van der Waals surface area contributed by atoms with Gasteiger partial charge in [0.2, 0.25) is 0 Å². The van der Waals surface area contributed by atoms with Crippen molar-refractivity contribution in [2.75, 3.05) is 18.1 Å². The topological polar surface area (TPSA) is 23.5 Å². The lowest BCUT2D eigenvalue weighted by molar-refractivity contribution is 0.266. The Balaban J connectivity index is 2.39. The zero-order valence-electron chi connectivity index (χ0n) is 10.5. The number of hydrogen-bond acceptors (Lipinski definition) is 2. The van der Waals surface area contributed by atoms with Gasteiger partial charge < -0.3 is 10.0 Å². The molecule has 1 N–H and O–H groups in total.